The van der Waals surface area contributed by atoms with Crippen molar-refractivity contribution in [3.05, 3.63) is 59.7 Å². The number of hydrogen-bond acceptors (Lipinski definition) is 5. The van der Waals surface area contributed by atoms with Gasteiger partial charge in [0.2, 0.25) is 10.0 Å². The lowest BCUT2D eigenvalue weighted by Gasteiger charge is -2.26. The number of carbonyl (C=O) groups excluding carboxylic acids is 2. The summed E-state index contributed by atoms with van der Waals surface area (Å²) in [4.78, 5) is 25.4. The monoisotopic (exact) mass is 445 g/mol. The Hall–Kier alpha value is -2.75. The summed E-state index contributed by atoms with van der Waals surface area (Å²) in [5, 5.41) is 5.63. The van der Waals surface area contributed by atoms with Gasteiger partial charge in [0.25, 0.3) is 11.8 Å². The minimum atomic E-state index is -3.63. The van der Waals surface area contributed by atoms with E-state index in [4.69, 9.17) is 4.74 Å². The number of amides is 2. The van der Waals surface area contributed by atoms with Crippen LogP contribution in [-0.2, 0) is 14.8 Å². The van der Waals surface area contributed by atoms with Crippen molar-refractivity contribution in [2.75, 3.05) is 31.6 Å². The highest BCUT2D eigenvalue weighted by Gasteiger charge is 2.26. The third kappa shape index (κ3) is 5.49. The average Bonchev–Trinajstić information content (AvgIpc) is 2.80. The van der Waals surface area contributed by atoms with Gasteiger partial charge in [-0.25, -0.2) is 8.42 Å². The fraction of sp³-hybridized carbons (Fsp3) is 0.364. The summed E-state index contributed by atoms with van der Waals surface area (Å²) in [5.41, 5.74) is 1.04. The van der Waals surface area contributed by atoms with Gasteiger partial charge in [-0.2, -0.15) is 4.31 Å². The Labute approximate surface area is 182 Å². The second-order valence-corrected chi connectivity index (χ2v) is 9.26. The fourth-order valence-corrected chi connectivity index (χ4v) is 4.51. The highest BCUT2D eigenvalue weighted by molar-refractivity contribution is 7.89. The van der Waals surface area contributed by atoms with E-state index in [0.29, 0.717) is 37.6 Å². The summed E-state index contributed by atoms with van der Waals surface area (Å²) in [6.07, 6.45) is 0.792. The first-order valence-electron chi connectivity index (χ1n) is 10.2. The van der Waals surface area contributed by atoms with Gasteiger partial charge in [-0.3, -0.25) is 9.59 Å². The molecule has 1 heterocycles. The molecule has 3 rings (SSSR count). The molecular formula is C22H27N3O5S. The van der Waals surface area contributed by atoms with Gasteiger partial charge in [-0.05, 0) is 49.7 Å². The van der Waals surface area contributed by atoms with E-state index in [1.54, 1.807) is 24.3 Å². The Morgan fingerprint density at radius 3 is 2.32 bits per heavy atom. The number of sulfonamides is 1. The van der Waals surface area contributed by atoms with Gasteiger partial charge in [0.15, 0.2) is 0 Å². The van der Waals surface area contributed by atoms with E-state index in [1.807, 2.05) is 13.8 Å². The summed E-state index contributed by atoms with van der Waals surface area (Å²) in [6, 6.07) is 12.5. The van der Waals surface area contributed by atoms with Gasteiger partial charge in [0.1, 0.15) is 0 Å². The van der Waals surface area contributed by atoms with E-state index >= 15 is 0 Å². The summed E-state index contributed by atoms with van der Waals surface area (Å²) in [7, 11) is -3.63. The van der Waals surface area contributed by atoms with Crippen LogP contribution in [0, 0.1) is 0 Å². The number of nitrogens with zero attached hydrogens (tertiary/aromatic N) is 1. The van der Waals surface area contributed by atoms with Gasteiger partial charge in [-0.1, -0.05) is 19.1 Å². The van der Waals surface area contributed by atoms with E-state index in [-0.39, 0.29) is 22.4 Å². The topological polar surface area (TPSA) is 105 Å². The zero-order valence-corrected chi connectivity index (χ0v) is 18.4. The number of carbonyl (C=O) groups is 2. The lowest BCUT2D eigenvalue weighted by Crippen LogP contribution is -2.40. The molecule has 0 saturated carbocycles. The molecule has 1 saturated heterocycles. The molecule has 1 aliphatic rings. The van der Waals surface area contributed by atoms with Crippen molar-refractivity contribution in [2.45, 2.75) is 31.2 Å². The first-order valence-corrected chi connectivity index (χ1v) is 11.7. The normalized spacial score (nSPS) is 15.8. The van der Waals surface area contributed by atoms with Gasteiger partial charge < -0.3 is 15.4 Å². The van der Waals surface area contributed by atoms with E-state index in [0.717, 1.165) is 6.42 Å². The van der Waals surface area contributed by atoms with E-state index < -0.39 is 15.9 Å². The van der Waals surface area contributed by atoms with Crippen LogP contribution in [0.25, 0.3) is 0 Å². The molecule has 0 radical (unpaired) electrons. The first kappa shape index (κ1) is 22.9. The van der Waals surface area contributed by atoms with E-state index in [1.165, 1.54) is 28.6 Å². The molecule has 0 unspecified atom stereocenters. The van der Waals surface area contributed by atoms with Crippen LogP contribution in [0.5, 0.6) is 0 Å². The highest BCUT2D eigenvalue weighted by atomic mass is 32.2. The van der Waals surface area contributed by atoms with Crippen LogP contribution < -0.4 is 10.6 Å². The molecule has 166 valence electrons. The van der Waals surface area contributed by atoms with Gasteiger partial charge in [-0.15, -0.1) is 0 Å². The summed E-state index contributed by atoms with van der Waals surface area (Å²) in [5.74, 6) is -0.698. The molecule has 9 heteroatoms. The zero-order valence-electron chi connectivity index (χ0n) is 17.6. The van der Waals surface area contributed by atoms with Crippen molar-refractivity contribution >= 4 is 27.5 Å². The molecular weight excluding hydrogens is 418 g/mol. The predicted molar refractivity (Wildman–Crippen MR) is 118 cm³/mol. The molecule has 2 aromatic rings. The Balaban J connectivity index is 1.74. The maximum absolute atomic E-state index is 12.7. The maximum Gasteiger partial charge on any atom is 0.255 e. The average molecular weight is 446 g/mol. The van der Waals surface area contributed by atoms with Crippen LogP contribution in [0.3, 0.4) is 0 Å². The van der Waals surface area contributed by atoms with Crippen LogP contribution >= 0.6 is 0 Å². The number of hydrogen-bond donors (Lipinski definition) is 2. The zero-order chi connectivity index (χ0) is 22.4. The lowest BCUT2D eigenvalue weighted by atomic mass is 10.1. The fourth-order valence-electron chi connectivity index (χ4n) is 3.10. The van der Waals surface area contributed by atoms with Crippen molar-refractivity contribution in [2.24, 2.45) is 0 Å². The number of anilines is 1. The predicted octanol–water partition coefficient (Wildman–Crippen LogP) is 2.49. The van der Waals surface area contributed by atoms with Gasteiger partial charge in [0.05, 0.1) is 29.4 Å². The smallest absolute Gasteiger partial charge is 0.255 e. The molecule has 0 aliphatic carbocycles. The van der Waals surface area contributed by atoms with E-state index in [2.05, 4.69) is 10.6 Å². The number of para-hydroxylation sites is 1. The van der Waals surface area contributed by atoms with Crippen molar-refractivity contribution in [3.8, 4) is 0 Å². The second kappa shape index (κ2) is 10.0. The molecule has 2 aromatic carbocycles. The molecule has 0 bridgehead atoms. The number of nitrogens with one attached hydrogen (secondary N) is 2. The minimum absolute atomic E-state index is 0.0113. The summed E-state index contributed by atoms with van der Waals surface area (Å²) in [6.45, 7) is 5.22. The molecule has 1 fully saturated rings. The van der Waals surface area contributed by atoms with Crippen molar-refractivity contribution < 1.29 is 22.7 Å². The van der Waals surface area contributed by atoms with Crippen molar-refractivity contribution in [1.29, 1.82) is 0 Å². The molecule has 31 heavy (non-hydrogen) atoms. The largest absolute Gasteiger partial charge is 0.379 e. The molecule has 1 atom stereocenters. The molecule has 1 aliphatic heterocycles. The van der Waals surface area contributed by atoms with Crippen molar-refractivity contribution in [1.82, 2.24) is 9.62 Å². The standard InChI is InChI=1S/C22H27N3O5S/c1-3-16(2)23-22(27)19-6-4-5-7-20(19)24-21(26)17-8-10-18(11-9-17)31(28,29)25-12-14-30-15-13-25/h4-11,16H,3,12-15H2,1-2H3,(H,23,27)(H,24,26)/t16-/m0/s1. The van der Waals surface area contributed by atoms with E-state index in [9.17, 15) is 18.0 Å². The minimum Gasteiger partial charge on any atom is -0.379 e. The molecule has 0 aromatic heterocycles. The van der Waals surface area contributed by atoms with Crippen LogP contribution in [-0.4, -0.2) is 56.9 Å². The number of morpholine rings is 1. The molecule has 0 spiro atoms. The van der Waals surface area contributed by atoms with Crippen LogP contribution in [0.4, 0.5) is 5.69 Å². The molecule has 2 amide bonds. The van der Waals surface area contributed by atoms with Gasteiger partial charge in [0, 0.05) is 24.7 Å². The Kier molecular flexibility index (Phi) is 7.42. The number of benzene rings is 2. The Morgan fingerprint density at radius 2 is 1.68 bits per heavy atom. The van der Waals surface area contributed by atoms with Crippen LogP contribution in [0.1, 0.15) is 41.0 Å². The number of rotatable bonds is 7. The highest BCUT2D eigenvalue weighted by Crippen LogP contribution is 2.20. The summed E-state index contributed by atoms with van der Waals surface area (Å²) >= 11 is 0. The number of ether oxygens (including phenoxy) is 1. The Morgan fingerprint density at radius 1 is 1.03 bits per heavy atom. The van der Waals surface area contributed by atoms with Crippen molar-refractivity contribution in [3.63, 3.8) is 0 Å². The lowest BCUT2D eigenvalue weighted by molar-refractivity contribution is 0.0730. The maximum atomic E-state index is 12.7. The SMILES string of the molecule is CC[C@H](C)NC(=O)c1ccccc1NC(=O)c1ccc(S(=O)(=O)N2CCOCC2)cc1. The molecule has 2 N–H and O–H groups in total. The first-order chi connectivity index (χ1) is 14.8. The third-order valence-electron chi connectivity index (χ3n) is 5.13. The quantitative estimate of drug-likeness (QED) is 0.681. The third-order valence-corrected chi connectivity index (χ3v) is 7.05. The Bertz CT molecular complexity index is 1030. The van der Waals surface area contributed by atoms with Crippen LogP contribution in [0.2, 0.25) is 0 Å². The van der Waals surface area contributed by atoms with Crippen LogP contribution in [0.15, 0.2) is 53.4 Å². The molecule has 8 nitrogen and oxygen atoms in total. The second-order valence-electron chi connectivity index (χ2n) is 7.32. The summed E-state index contributed by atoms with van der Waals surface area (Å²) < 4.78 is 32.0. The van der Waals surface area contributed by atoms with Gasteiger partial charge >= 0.3 is 0 Å².